The monoisotopic (exact) mass is 407 g/mol. The first-order valence-corrected chi connectivity index (χ1v) is 9.99. The van der Waals surface area contributed by atoms with Crippen LogP contribution in [-0.2, 0) is 22.6 Å². The number of nitrogens with zero attached hydrogens (tertiary/aromatic N) is 3. The molecule has 3 saturated heterocycles. The topological polar surface area (TPSA) is 98.4 Å². The Kier molecular flexibility index (Phi) is 5.18. The number of aromatic amines is 1. The molecule has 0 aliphatic carbocycles. The minimum atomic E-state index is -0.379. The molecule has 9 heteroatoms. The second-order valence-corrected chi connectivity index (χ2v) is 8.29. The van der Waals surface area contributed by atoms with Gasteiger partial charge in [0.25, 0.3) is 5.56 Å². The summed E-state index contributed by atoms with van der Waals surface area (Å²) in [7, 11) is 0. The van der Waals surface area contributed by atoms with E-state index in [1.165, 1.54) is 6.33 Å². The summed E-state index contributed by atoms with van der Waals surface area (Å²) in [5.74, 6) is 0.783. The highest BCUT2D eigenvalue weighted by Gasteiger charge is 2.51. The second kappa shape index (κ2) is 7.48. The van der Waals surface area contributed by atoms with Gasteiger partial charge in [-0.05, 0) is 38.1 Å². The van der Waals surface area contributed by atoms with E-state index in [-0.39, 0.29) is 47.8 Å². The van der Waals surface area contributed by atoms with Crippen LogP contribution in [0.4, 0.5) is 0 Å². The number of amides is 2. The first-order chi connectivity index (χ1) is 13.1. The third-order valence-corrected chi connectivity index (χ3v) is 6.82. The van der Waals surface area contributed by atoms with Gasteiger partial charge >= 0.3 is 0 Å². The van der Waals surface area contributed by atoms with Crippen molar-refractivity contribution < 1.29 is 9.59 Å². The van der Waals surface area contributed by atoms with Crippen molar-refractivity contribution in [3.63, 3.8) is 0 Å². The number of hydrogen-bond acceptors (Lipinski definition) is 5. The van der Waals surface area contributed by atoms with Crippen LogP contribution < -0.4 is 10.9 Å². The molecule has 1 aromatic rings. The van der Waals surface area contributed by atoms with Crippen molar-refractivity contribution in [1.29, 1.82) is 0 Å². The summed E-state index contributed by atoms with van der Waals surface area (Å²) in [4.78, 5) is 48.9. The Hall–Kier alpha value is -1.93. The van der Waals surface area contributed by atoms with Crippen LogP contribution in [0.2, 0.25) is 0 Å². The van der Waals surface area contributed by atoms with Crippen LogP contribution in [0.15, 0.2) is 11.1 Å². The van der Waals surface area contributed by atoms with Gasteiger partial charge in [-0.15, -0.1) is 12.4 Å². The third kappa shape index (κ3) is 3.03. The summed E-state index contributed by atoms with van der Waals surface area (Å²) in [6.45, 7) is 2.58. The number of rotatable bonds is 1. The first kappa shape index (κ1) is 19.4. The van der Waals surface area contributed by atoms with Crippen molar-refractivity contribution in [2.24, 2.45) is 11.8 Å². The van der Waals surface area contributed by atoms with Crippen LogP contribution in [0, 0.1) is 11.8 Å². The maximum Gasteiger partial charge on any atom is 0.254 e. The molecule has 0 spiro atoms. The van der Waals surface area contributed by atoms with E-state index in [9.17, 15) is 14.4 Å². The van der Waals surface area contributed by atoms with Crippen molar-refractivity contribution in [2.45, 2.75) is 50.7 Å². The summed E-state index contributed by atoms with van der Waals surface area (Å²) in [5, 5.41) is 3.48. The number of carbonyl (C=O) groups is 2. The van der Waals surface area contributed by atoms with Gasteiger partial charge in [0.15, 0.2) is 0 Å². The molecule has 4 aliphatic rings. The molecule has 28 heavy (non-hydrogen) atoms. The Morgan fingerprint density at radius 3 is 2.86 bits per heavy atom. The van der Waals surface area contributed by atoms with Crippen LogP contribution >= 0.6 is 12.4 Å². The van der Waals surface area contributed by atoms with Crippen molar-refractivity contribution in [3.05, 3.63) is 27.9 Å². The second-order valence-electron chi connectivity index (χ2n) is 8.29. The van der Waals surface area contributed by atoms with Gasteiger partial charge in [-0.3, -0.25) is 14.4 Å². The van der Waals surface area contributed by atoms with E-state index in [0.717, 1.165) is 32.4 Å². The normalized spacial score (nSPS) is 31.5. The van der Waals surface area contributed by atoms with E-state index in [0.29, 0.717) is 43.1 Å². The fourth-order valence-corrected chi connectivity index (χ4v) is 5.57. The Balaban J connectivity index is 0.00000192. The maximum absolute atomic E-state index is 13.5. The van der Waals surface area contributed by atoms with E-state index >= 15 is 0 Å². The third-order valence-electron chi connectivity index (χ3n) is 6.82. The number of piperidine rings is 3. The summed E-state index contributed by atoms with van der Waals surface area (Å²) >= 11 is 0. The van der Waals surface area contributed by atoms with E-state index < -0.39 is 0 Å². The zero-order chi connectivity index (χ0) is 18.5. The van der Waals surface area contributed by atoms with Gasteiger partial charge in [0, 0.05) is 37.0 Å². The molecule has 3 fully saturated rings. The molecule has 2 bridgehead atoms. The average molecular weight is 408 g/mol. The molecule has 5 rings (SSSR count). The number of fused-ring (bicyclic) bond motifs is 5. The fourth-order valence-electron chi connectivity index (χ4n) is 5.57. The van der Waals surface area contributed by atoms with Gasteiger partial charge in [0.1, 0.15) is 6.04 Å². The first-order valence-electron chi connectivity index (χ1n) is 9.99. The Morgan fingerprint density at radius 2 is 2.00 bits per heavy atom. The Labute approximate surface area is 169 Å². The molecule has 0 radical (unpaired) electrons. The van der Waals surface area contributed by atoms with Crippen LogP contribution in [0.25, 0.3) is 0 Å². The SMILES string of the molecule is Cl.O=C([C@H]1[C@@H]2CNC[C@@H](C2)[C@@H]2CCCC(=O)N21)N1CCc2c(nc[nH]c2=O)C1. The maximum atomic E-state index is 13.5. The summed E-state index contributed by atoms with van der Waals surface area (Å²) in [6, 6.07) is -0.197. The lowest BCUT2D eigenvalue weighted by Crippen LogP contribution is -2.68. The molecule has 5 heterocycles. The number of nitrogens with one attached hydrogen (secondary N) is 2. The van der Waals surface area contributed by atoms with Crippen molar-refractivity contribution in [2.75, 3.05) is 19.6 Å². The van der Waals surface area contributed by atoms with Crippen LogP contribution in [0.5, 0.6) is 0 Å². The molecular weight excluding hydrogens is 382 g/mol. The average Bonchev–Trinajstić information content (AvgIpc) is 2.69. The van der Waals surface area contributed by atoms with E-state index in [4.69, 9.17) is 0 Å². The summed E-state index contributed by atoms with van der Waals surface area (Å²) in [5.41, 5.74) is 1.24. The fraction of sp³-hybridized carbons (Fsp3) is 0.684. The smallest absolute Gasteiger partial charge is 0.254 e. The van der Waals surface area contributed by atoms with Crippen LogP contribution in [-0.4, -0.2) is 63.3 Å². The molecule has 0 saturated carbocycles. The number of hydrogen-bond donors (Lipinski definition) is 2. The predicted octanol–water partition coefficient (Wildman–Crippen LogP) is 0.0654. The molecule has 2 N–H and O–H groups in total. The molecular formula is C19H26ClN5O3. The molecule has 0 unspecified atom stereocenters. The van der Waals surface area contributed by atoms with Gasteiger partial charge in [-0.1, -0.05) is 0 Å². The van der Waals surface area contributed by atoms with E-state index in [1.807, 2.05) is 4.90 Å². The minimum Gasteiger partial charge on any atom is -0.335 e. The van der Waals surface area contributed by atoms with Crippen molar-refractivity contribution in [1.82, 2.24) is 25.1 Å². The number of H-pyrrole nitrogens is 1. The highest BCUT2D eigenvalue weighted by atomic mass is 35.5. The highest BCUT2D eigenvalue weighted by molar-refractivity contribution is 5.89. The van der Waals surface area contributed by atoms with Crippen molar-refractivity contribution >= 4 is 24.2 Å². The Morgan fingerprint density at radius 1 is 1.18 bits per heavy atom. The highest BCUT2D eigenvalue weighted by Crippen LogP contribution is 2.40. The van der Waals surface area contributed by atoms with E-state index in [2.05, 4.69) is 15.3 Å². The number of aromatic nitrogens is 2. The summed E-state index contributed by atoms with van der Waals surface area (Å²) < 4.78 is 0. The van der Waals surface area contributed by atoms with Gasteiger partial charge < -0.3 is 20.1 Å². The largest absolute Gasteiger partial charge is 0.335 e. The molecule has 152 valence electrons. The van der Waals surface area contributed by atoms with Crippen LogP contribution in [0.1, 0.15) is 36.9 Å². The number of halogens is 1. The lowest BCUT2D eigenvalue weighted by atomic mass is 9.72. The zero-order valence-corrected chi connectivity index (χ0v) is 16.5. The van der Waals surface area contributed by atoms with Gasteiger partial charge in [-0.2, -0.15) is 0 Å². The predicted molar refractivity (Wildman–Crippen MR) is 104 cm³/mol. The molecule has 0 aromatic carbocycles. The van der Waals surface area contributed by atoms with Crippen molar-refractivity contribution in [3.8, 4) is 0 Å². The molecule has 4 atom stereocenters. The lowest BCUT2D eigenvalue weighted by molar-refractivity contribution is -0.162. The molecule has 2 amide bonds. The van der Waals surface area contributed by atoms with E-state index in [1.54, 1.807) is 4.90 Å². The zero-order valence-electron chi connectivity index (χ0n) is 15.7. The minimum absolute atomic E-state index is 0. The standard InChI is InChI=1S/C19H25N5O3.ClH/c25-16-3-1-2-15-11-6-12(8-20-7-11)17(24(15)16)19(27)23-5-4-13-14(9-23)21-10-22-18(13)26;/h10-12,15,17,20H,1-9H2,(H,21,22,26);1H/t11-,12+,15+,17-;/m1./s1. The van der Waals surface area contributed by atoms with Gasteiger partial charge in [0.05, 0.1) is 18.6 Å². The van der Waals surface area contributed by atoms with Crippen LogP contribution in [0.3, 0.4) is 0 Å². The summed E-state index contributed by atoms with van der Waals surface area (Å²) in [6.07, 6.45) is 5.39. The van der Waals surface area contributed by atoms with Gasteiger partial charge in [0.2, 0.25) is 11.8 Å². The quantitative estimate of drug-likeness (QED) is 0.686. The molecule has 8 nitrogen and oxygen atoms in total. The molecule has 1 aromatic heterocycles. The number of carbonyl (C=O) groups excluding carboxylic acids is 2. The van der Waals surface area contributed by atoms with Gasteiger partial charge in [-0.25, -0.2) is 4.98 Å². The Bertz CT molecular complexity index is 843. The lowest BCUT2D eigenvalue weighted by Gasteiger charge is -2.54. The molecule has 4 aliphatic heterocycles.